The number of para-hydroxylation sites is 1. The SMILES string of the molecule is COc1ccc(S(=O)(=O)N2CCc3ccccc32)cc1C(=O)NCc1cccs1. The summed E-state index contributed by atoms with van der Waals surface area (Å²) in [5.41, 5.74) is 1.88. The Morgan fingerprint density at radius 1 is 1.17 bits per heavy atom. The fourth-order valence-electron chi connectivity index (χ4n) is 3.39. The van der Waals surface area contributed by atoms with E-state index in [1.165, 1.54) is 41.0 Å². The first-order chi connectivity index (χ1) is 14.0. The molecule has 1 aromatic heterocycles. The normalized spacial score (nSPS) is 13.2. The fraction of sp³-hybridized carbons (Fsp3) is 0.190. The van der Waals surface area contributed by atoms with E-state index in [-0.39, 0.29) is 16.4 Å². The largest absolute Gasteiger partial charge is 0.496 e. The van der Waals surface area contributed by atoms with Gasteiger partial charge in [0.05, 0.1) is 29.8 Å². The van der Waals surface area contributed by atoms with E-state index in [1.807, 2.05) is 35.7 Å². The first kappa shape index (κ1) is 19.5. The van der Waals surface area contributed by atoms with Crippen molar-refractivity contribution >= 4 is 33.0 Å². The van der Waals surface area contributed by atoms with E-state index < -0.39 is 10.0 Å². The maximum absolute atomic E-state index is 13.3. The highest BCUT2D eigenvalue weighted by Crippen LogP contribution is 2.33. The highest BCUT2D eigenvalue weighted by atomic mass is 32.2. The molecule has 1 amide bonds. The van der Waals surface area contributed by atoms with Gasteiger partial charge < -0.3 is 10.1 Å². The van der Waals surface area contributed by atoms with Crippen molar-refractivity contribution in [2.75, 3.05) is 18.0 Å². The van der Waals surface area contributed by atoms with Crippen LogP contribution in [0.4, 0.5) is 5.69 Å². The predicted octanol–water partition coefficient (Wildman–Crippen LogP) is 3.44. The zero-order chi connectivity index (χ0) is 20.4. The number of nitrogens with zero attached hydrogens (tertiary/aromatic N) is 1. The van der Waals surface area contributed by atoms with Crippen LogP contribution in [0.1, 0.15) is 20.8 Å². The number of nitrogens with one attached hydrogen (secondary N) is 1. The Morgan fingerprint density at radius 2 is 2.00 bits per heavy atom. The molecule has 0 aliphatic carbocycles. The van der Waals surface area contributed by atoms with Gasteiger partial charge in [0.15, 0.2) is 0 Å². The Kier molecular flexibility index (Phi) is 5.29. The summed E-state index contributed by atoms with van der Waals surface area (Å²) in [6, 6.07) is 15.7. The minimum atomic E-state index is -3.79. The van der Waals surface area contributed by atoms with Crippen LogP contribution in [-0.4, -0.2) is 28.0 Å². The molecule has 0 atom stereocenters. The third-order valence-corrected chi connectivity index (χ3v) is 7.54. The molecule has 0 radical (unpaired) electrons. The third-order valence-electron chi connectivity index (χ3n) is 4.85. The number of carbonyl (C=O) groups is 1. The summed E-state index contributed by atoms with van der Waals surface area (Å²) in [4.78, 5) is 13.8. The van der Waals surface area contributed by atoms with Gasteiger partial charge in [-0.25, -0.2) is 8.42 Å². The molecule has 4 rings (SSSR count). The number of carbonyl (C=O) groups excluding carboxylic acids is 1. The van der Waals surface area contributed by atoms with Crippen molar-refractivity contribution < 1.29 is 17.9 Å². The van der Waals surface area contributed by atoms with Gasteiger partial charge in [0.2, 0.25) is 0 Å². The molecule has 2 heterocycles. The van der Waals surface area contributed by atoms with Crippen molar-refractivity contribution in [2.24, 2.45) is 0 Å². The average Bonchev–Trinajstić information content (AvgIpc) is 3.41. The second kappa shape index (κ2) is 7.88. The maximum atomic E-state index is 13.3. The molecular weight excluding hydrogens is 408 g/mol. The van der Waals surface area contributed by atoms with Gasteiger partial charge in [-0.3, -0.25) is 9.10 Å². The molecule has 0 bridgehead atoms. The number of benzene rings is 2. The molecule has 0 saturated carbocycles. The van der Waals surface area contributed by atoms with Gasteiger partial charge in [0.1, 0.15) is 5.75 Å². The van der Waals surface area contributed by atoms with E-state index in [4.69, 9.17) is 4.74 Å². The van der Waals surface area contributed by atoms with Crippen LogP contribution in [0, 0.1) is 0 Å². The lowest BCUT2D eigenvalue weighted by molar-refractivity contribution is 0.0948. The van der Waals surface area contributed by atoms with Gasteiger partial charge >= 0.3 is 0 Å². The van der Waals surface area contributed by atoms with Crippen LogP contribution >= 0.6 is 11.3 Å². The first-order valence-electron chi connectivity index (χ1n) is 9.10. The number of thiophene rings is 1. The van der Waals surface area contributed by atoms with Gasteiger partial charge in [0, 0.05) is 11.4 Å². The van der Waals surface area contributed by atoms with Crippen LogP contribution in [0.3, 0.4) is 0 Å². The number of hydrogen-bond donors (Lipinski definition) is 1. The average molecular weight is 429 g/mol. The quantitative estimate of drug-likeness (QED) is 0.653. The van der Waals surface area contributed by atoms with Crippen molar-refractivity contribution in [3.8, 4) is 5.75 Å². The summed E-state index contributed by atoms with van der Waals surface area (Å²) in [6.07, 6.45) is 0.666. The molecule has 0 fully saturated rings. The Hall–Kier alpha value is -2.84. The molecule has 1 aliphatic rings. The summed E-state index contributed by atoms with van der Waals surface area (Å²) >= 11 is 1.54. The highest BCUT2D eigenvalue weighted by molar-refractivity contribution is 7.92. The van der Waals surface area contributed by atoms with Gasteiger partial charge in [-0.1, -0.05) is 24.3 Å². The minimum absolute atomic E-state index is 0.0660. The van der Waals surface area contributed by atoms with Crippen molar-refractivity contribution in [3.05, 3.63) is 76.0 Å². The number of hydrogen-bond acceptors (Lipinski definition) is 5. The zero-order valence-electron chi connectivity index (χ0n) is 15.8. The smallest absolute Gasteiger partial charge is 0.264 e. The summed E-state index contributed by atoms with van der Waals surface area (Å²) in [7, 11) is -2.34. The number of methoxy groups -OCH3 is 1. The van der Waals surface area contributed by atoms with E-state index in [9.17, 15) is 13.2 Å². The van der Waals surface area contributed by atoms with Crippen LogP contribution in [0.2, 0.25) is 0 Å². The van der Waals surface area contributed by atoms with Crippen LogP contribution in [-0.2, 0) is 23.0 Å². The lowest BCUT2D eigenvalue weighted by Gasteiger charge is -2.20. The Balaban J connectivity index is 1.65. The summed E-state index contributed by atoms with van der Waals surface area (Å²) in [5, 5.41) is 4.76. The van der Waals surface area contributed by atoms with Gasteiger partial charge in [-0.2, -0.15) is 0 Å². The van der Waals surface area contributed by atoms with E-state index in [0.717, 1.165) is 10.4 Å². The van der Waals surface area contributed by atoms with Gasteiger partial charge in [-0.15, -0.1) is 11.3 Å². The lowest BCUT2D eigenvalue weighted by Crippen LogP contribution is -2.29. The molecule has 0 saturated heterocycles. The lowest BCUT2D eigenvalue weighted by atomic mass is 10.2. The fourth-order valence-corrected chi connectivity index (χ4v) is 5.56. The number of sulfonamides is 1. The molecule has 0 spiro atoms. The Bertz CT molecular complexity index is 1140. The van der Waals surface area contributed by atoms with Crippen molar-refractivity contribution in [1.29, 1.82) is 0 Å². The molecule has 8 heteroatoms. The van der Waals surface area contributed by atoms with Gasteiger partial charge in [-0.05, 0) is 47.7 Å². The van der Waals surface area contributed by atoms with E-state index in [2.05, 4.69) is 5.32 Å². The van der Waals surface area contributed by atoms with E-state index >= 15 is 0 Å². The second-order valence-electron chi connectivity index (χ2n) is 6.58. The molecule has 0 unspecified atom stereocenters. The number of amides is 1. The third kappa shape index (κ3) is 3.73. The van der Waals surface area contributed by atoms with Gasteiger partial charge in [0.25, 0.3) is 15.9 Å². The van der Waals surface area contributed by atoms with E-state index in [0.29, 0.717) is 30.9 Å². The standard InChI is InChI=1S/C21H20N2O4S2/c1-27-20-9-8-17(13-18(20)21(24)22-14-16-6-4-12-28-16)29(25,26)23-11-10-15-5-2-3-7-19(15)23/h2-9,12-13H,10-11,14H2,1H3,(H,22,24). The molecule has 1 aliphatic heterocycles. The Labute approximate surface area is 173 Å². The van der Waals surface area contributed by atoms with E-state index in [1.54, 1.807) is 6.07 Å². The number of anilines is 1. The van der Waals surface area contributed by atoms with Crippen LogP contribution in [0.25, 0.3) is 0 Å². The molecule has 150 valence electrons. The first-order valence-corrected chi connectivity index (χ1v) is 11.4. The number of rotatable bonds is 6. The predicted molar refractivity (Wildman–Crippen MR) is 113 cm³/mol. The van der Waals surface area contributed by atoms with Crippen molar-refractivity contribution in [2.45, 2.75) is 17.9 Å². The van der Waals surface area contributed by atoms with Crippen molar-refractivity contribution in [1.82, 2.24) is 5.32 Å². The molecule has 29 heavy (non-hydrogen) atoms. The summed E-state index contributed by atoms with van der Waals surface area (Å²) in [6.45, 7) is 0.754. The molecule has 6 nitrogen and oxygen atoms in total. The number of ether oxygens (including phenoxy) is 1. The monoisotopic (exact) mass is 428 g/mol. The molecular formula is C21H20N2O4S2. The highest BCUT2D eigenvalue weighted by Gasteiger charge is 2.31. The van der Waals surface area contributed by atoms with Crippen LogP contribution in [0.5, 0.6) is 5.75 Å². The van der Waals surface area contributed by atoms with Crippen LogP contribution < -0.4 is 14.4 Å². The minimum Gasteiger partial charge on any atom is -0.496 e. The van der Waals surface area contributed by atoms with Crippen LogP contribution in [0.15, 0.2) is 64.9 Å². The van der Waals surface area contributed by atoms with Crippen molar-refractivity contribution in [3.63, 3.8) is 0 Å². The second-order valence-corrected chi connectivity index (χ2v) is 9.47. The topological polar surface area (TPSA) is 75.7 Å². The molecule has 1 N–H and O–H groups in total. The summed E-state index contributed by atoms with van der Waals surface area (Å²) in [5.74, 6) is -0.0522. The number of fused-ring (bicyclic) bond motifs is 1. The zero-order valence-corrected chi connectivity index (χ0v) is 17.4. The Morgan fingerprint density at radius 3 is 2.76 bits per heavy atom. The maximum Gasteiger partial charge on any atom is 0.264 e. The molecule has 3 aromatic rings. The summed E-state index contributed by atoms with van der Waals surface area (Å²) < 4.78 is 33.2. The molecule has 2 aromatic carbocycles.